The lowest BCUT2D eigenvalue weighted by Crippen LogP contribution is -2.51. The van der Waals surface area contributed by atoms with Crippen LogP contribution in [0, 0.1) is 6.92 Å². The Morgan fingerprint density at radius 3 is 2.58 bits per heavy atom. The highest BCUT2D eigenvalue weighted by Crippen LogP contribution is 2.32. The summed E-state index contributed by atoms with van der Waals surface area (Å²) >= 11 is 3.35. The minimum absolute atomic E-state index is 0.284. The molecule has 19 heavy (non-hydrogen) atoms. The highest BCUT2D eigenvalue weighted by atomic mass is 79.9. The fourth-order valence-corrected chi connectivity index (χ4v) is 5.09. The van der Waals surface area contributed by atoms with Crippen LogP contribution in [0.25, 0.3) is 0 Å². The summed E-state index contributed by atoms with van der Waals surface area (Å²) in [6.07, 6.45) is 3.67. The summed E-state index contributed by atoms with van der Waals surface area (Å²) < 4.78 is 28.5. The molecule has 0 atom stereocenters. The van der Waals surface area contributed by atoms with Crippen LogP contribution in [0.5, 0.6) is 0 Å². The fraction of sp³-hybridized carbons (Fsp3) is 0.538. The van der Waals surface area contributed by atoms with Gasteiger partial charge in [0.2, 0.25) is 10.0 Å². The van der Waals surface area contributed by atoms with E-state index in [9.17, 15) is 8.42 Å². The number of rotatable bonds is 4. The fourth-order valence-electron chi connectivity index (χ4n) is 2.57. The van der Waals surface area contributed by atoms with Crippen molar-refractivity contribution in [3.8, 4) is 0 Å². The Hall–Kier alpha value is -0.430. The second-order valence-corrected chi connectivity index (χ2v) is 7.63. The Morgan fingerprint density at radius 1 is 1.37 bits per heavy atom. The number of halogens is 1. The van der Waals surface area contributed by atoms with Gasteiger partial charge in [-0.25, -0.2) is 13.1 Å². The maximum Gasteiger partial charge on any atom is 0.242 e. The van der Waals surface area contributed by atoms with E-state index in [1.54, 1.807) is 12.1 Å². The molecule has 1 aromatic carbocycles. The van der Waals surface area contributed by atoms with Gasteiger partial charge >= 0.3 is 0 Å². The van der Waals surface area contributed by atoms with Crippen molar-refractivity contribution in [1.29, 1.82) is 0 Å². The minimum Gasteiger partial charge on any atom is -0.329 e. The SMILES string of the molecule is Cc1cccc(S(=O)(=O)NC2(CN)CCCC2)c1Br. The van der Waals surface area contributed by atoms with Crippen molar-refractivity contribution in [2.75, 3.05) is 6.54 Å². The average Bonchev–Trinajstić information content (AvgIpc) is 2.81. The van der Waals surface area contributed by atoms with Gasteiger partial charge in [-0.05, 0) is 47.3 Å². The Morgan fingerprint density at radius 2 is 2.00 bits per heavy atom. The highest BCUT2D eigenvalue weighted by Gasteiger charge is 2.37. The largest absolute Gasteiger partial charge is 0.329 e. The predicted molar refractivity (Wildman–Crippen MR) is 79.5 cm³/mol. The topological polar surface area (TPSA) is 72.2 Å². The summed E-state index contributed by atoms with van der Waals surface area (Å²) in [7, 11) is -3.54. The maximum atomic E-state index is 12.5. The van der Waals surface area contributed by atoms with Crippen LogP contribution in [0.15, 0.2) is 27.6 Å². The Kier molecular flexibility index (Phi) is 4.35. The first kappa shape index (κ1) is 15.0. The zero-order valence-electron chi connectivity index (χ0n) is 10.9. The van der Waals surface area contributed by atoms with Crippen molar-refractivity contribution >= 4 is 26.0 Å². The average molecular weight is 347 g/mol. The molecule has 6 heteroatoms. The lowest BCUT2D eigenvalue weighted by Gasteiger charge is -2.28. The van der Waals surface area contributed by atoms with Crippen LogP contribution in [0.4, 0.5) is 0 Å². The van der Waals surface area contributed by atoms with Gasteiger partial charge < -0.3 is 5.73 Å². The van der Waals surface area contributed by atoms with E-state index in [1.807, 2.05) is 13.0 Å². The summed E-state index contributed by atoms with van der Waals surface area (Å²) in [4.78, 5) is 0.284. The van der Waals surface area contributed by atoms with E-state index >= 15 is 0 Å². The summed E-state index contributed by atoms with van der Waals surface area (Å²) in [5, 5.41) is 0. The number of aryl methyl sites for hydroxylation is 1. The molecule has 1 saturated carbocycles. The normalized spacial score (nSPS) is 18.7. The molecule has 1 fully saturated rings. The van der Waals surface area contributed by atoms with E-state index in [4.69, 9.17) is 5.73 Å². The van der Waals surface area contributed by atoms with Crippen LogP contribution in [0.2, 0.25) is 0 Å². The van der Waals surface area contributed by atoms with E-state index in [0.717, 1.165) is 31.2 Å². The molecule has 0 aromatic heterocycles. The summed E-state index contributed by atoms with van der Waals surface area (Å²) in [6.45, 7) is 2.22. The maximum absolute atomic E-state index is 12.5. The van der Waals surface area contributed by atoms with Gasteiger partial charge in [-0.3, -0.25) is 0 Å². The molecule has 3 N–H and O–H groups in total. The van der Waals surface area contributed by atoms with Crippen LogP contribution < -0.4 is 10.5 Å². The van der Waals surface area contributed by atoms with Gasteiger partial charge in [0.1, 0.15) is 0 Å². The smallest absolute Gasteiger partial charge is 0.242 e. The number of hydrogen-bond acceptors (Lipinski definition) is 3. The molecule has 0 amide bonds. The van der Waals surface area contributed by atoms with Gasteiger partial charge in [0.05, 0.1) is 4.90 Å². The molecule has 1 aromatic rings. The van der Waals surface area contributed by atoms with Crippen molar-refractivity contribution in [3.63, 3.8) is 0 Å². The zero-order chi connectivity index (χ0) is 14.1. The highest BCUT2D eigenvalue weighted by molar-refractivity contribution is 9.10. The van der Waals surface area contributed by atoms with Crippen LogP contribution in [-0.2, 0) is 10.0 Å². The van der Waals surface area contributed by atoms with E-state index in [0.29, 0.717) is 11.0 Å². The standard InChI is InChI=1S/C13H19BrN2O2S/c1-10-5-4-6-11(12(10)14)19(17,18)16-13(9-15)7-2-3-8-13/h4-6,16H,2-3,7-9,15H2,1H3. The Labute approximate surface area is 122 Å². The zero-order valence-corrected chi connectivity index (χ0v) is 13.4. The molecule has 0 radical (unpaired) electrons. The molecule has 4 nitrogen and oxygen atoms in total. The lowest BCUT2D eigenvalue weighted by atomic mass is 10.0. The molecular weight excluding hydrogens is 328 g/mol. The van der Waals surface area contributed by atoms with Crippen LogP contribution in [0.3, 0.4) is 0 Å². The number of benzene rings is 1. The van der Waals surface area contributed by atoms with Gasteiger partial charge in [-0.1, -0.05) is 25.0 Å². The molecule has 1 aliphatic carbocycles. The summed E-state index contributed by atoms with van der Waals surface area (Å²) in [5.41, 5.74) is 6.21. The van der Waals surface area contributed by atoms with Gasteiger partial charge in [-0.2, -0.15) is 0 Å². The van der Waals surface area contributed by atoms with Crippen molar-refractivity contribution in [2.45, 2.75) is 43.0 Å². The third-order valence-corrected chi connectivity index (χ3v) is 6.68. The number of nitrogens with one attached hydrogen (secondary N) is 1. The van der Waals surface area contributed by atoms with Crippen molar-refractivity contribution in [2.24, 2.45) is 5.73 Å². The molecule has 0 spiro atoms. The predicted octanol–water partition coefficient (Wildman–Crippen LogP) is 2.31. The van der Waals surface area contributed by atoms with Gasteiger partial charge in [0, 0.05) is 16.6 Å². The van der Waals surface area contributed by atoms with Crippen LogP contribution in [-0.4, -0.2) is 20.5 Å². The first-order chi connectivity index (χ1) is 8.90. The van der Waals surface area contributed by atoms with E-state index in [2.05, 4.69) is 20.7 Å². The third kappa shape index (κ3) is 3.02. The molecule has 106 valence electrons. The van der Waals surface area contributed by atoms with Gasteiger partial charge in [0.25, 0.3) is 0 Å². The van der Waals surface area contributed by atoms with Crippen molar-refractivity contribution < 1.29 is 8.42 Å². The number of hydrogen-bond donors (Lipinski definition) is 2. The molecule has 1 aliphatic rings. The summed E-state index contributed by atoms with van der Waals surface area (Å²) in [6, 6.07) is 5.23. The molecule has 0 bridgehead atoms. The van der Waals surface area contributed by atoms with E-state index < -0.39 is 15.6 Å². The molecule has 0 heterocycles. The first-order valence-electron chi connectivity index (χ1n) is 6.39. The molecule has 0 aliphatic heterocycles. The Balaban J connectivity index is 2.35. The molecular formula is C13H19BrN2O2S. The summed E-state index contributed by atoms with van der Waals surface area (Å²) in [5.74, 6) is 0. The Bertz CT molecular complexity index is 566. The van der Waals surface area contributed by atoms with Gasteiger partial charge in [-0.15, -0.1) is 0 Å². The van der Waals surface area contributed by atoms with Crippen molar-refractivity contribution in [1.82, 2.24) is 4.72 Å². The molecule has 0 saturated heterocycles. The monoisotopic (exact) mass is 346 g/mol. The lowest BCUT2D eigenvalue weighted by molar-refractivity contribution is 0.399. The second kappa shape index (κ2) is 5.52. The number of nitrogens with two attached hydrogens (primary N) is 1. The minimum atomic E-state index is -3.54. The molecule has 2 rings (SSSR count). The van der Waals surface area contributed by atoms with Crippen molar-refractivity contribution in [3.05, 3.63) is 28.2 Å². The van der Waals surface area contributed by atoms with E-state index in [-0.39, 0.29) is 4.90 Å². The quantitative estimate of drug-likeness (QED) is 0.878. The number of sulfonamides is 1. The molecule has 0 unspecified atom stereocenters. The second-order valence-electron chi connectivity index (χ2n) is 5.18. The van der Waals surface area contributed by atoms with Crippen LogP contribution >= 0.6 is 15.9 Å². The van der Waals surface area contributed by atoms with E-state index in [1.165, 1.54) is 0 Å². The van der Waals surface area contributed by atoms with Crippen LogP contribution in [0.1, 0.15) is 31.2 Å². The first-order valence-corrected chi connectivity index (χ1v) is 8.67. The third-order valence-electron chi connectivity index (χ3n) is 3.75. The van der Waals surface area contributed by atoms with Gasteiger partial charge in [0.15, 0.2) is 0 Å².